The van der Waals surface area contributed by atoms with E-state index >= 15 is 0 Å². The van der Waals surface area contributed by atoms with E-state index in [2.05, 4.69) is 5.48 Å². The molecule has 1 heterocycles. The van der Waals surface area contributed by atoms with Crippen LogP contribution in [0, 0.1) is 0 Å². The molecule has 0 fully saturated rings. The molecule has 4 nitrogen and oxygen atoms in total. The normalized spacial score (nSPS) is 10.7. The van der Waals surface area contributed by atoms with Gasteiger partial charge in [-0.2, -0.15) is 0 Å². The topological polar surface area (TPSA) is 43.3 Å². The molecule has 0 saturated heterocycles. The second kappa shape index (κ2) is 5.81. The Balaban J connectivity index is 1.70. The number of para-hydroxylation sites is 1. The summed E-state index contributed by atoms with van der Waals surface area (Å²) in [5, 5.41) is 0.917. The Labute approximate surface area is 122 Å². The van der Waals surface area contributed by atoms with Gasteiger partial charge in [0, 0.05) is 24.1 Å². The van der Waals surface area contributed by atoms with Gasteiger partial charge >= 0.3 is 0 Å². The SMILES string of the molecule is Cn1cc(C(=O)NOCc2ccccc2)c2ccccc21. The Bertz CT molecular complexity index is 763. The minimum absolute atomic E-state index is 0.234. The molecule has 2 aromatic carbocycles. The summed E-state index contributed by atoms with van der Waals surface area (Å²) in [6, 6.07) is 17.5. The fourth-order valence-corrected chi connectivity index (χ4v) is 2.34. The smallest absolute Gasteiger partial charge is 0.277 e. The number of hydroxylamine groups is 1. The van der Waals surface area contributed by atoms with Gasteiger partial charge in [-0.1, -0.05) is 48.5 Å². The van der Waals surface area contributed by atoms with Crippen molar-refractivity contribution in [2.24, 2.45) is 7.05 Å². The quantitative estimate of drug-likeness (QED) is 0.746. The number of amides is 1. The first-order valence-corrected chi connectivity index (χ1v) is 6.76. The average Bonchev–Trinajstić information content (AvgIpc) is 2.86. The van der Waals surface area contributed by atoms with E-state index in [1.165, 1.54) is 0 Å². The van der Waals surface area contributed by atoms with Crippen molar-refractivity contribution in [1.82, 2.24) is 10.0 Å². The number of hydrogen-bond acceptors (Lipinski definition) is 2. The molecule has 0 spiro atoms. The first-order chi connectivity index (χ1) is 10.3. The second-order valence-electron chi connectivity index (χ2n) is 4.88. The van der Waals surface area contributed by atoms with Gasteiger partial charge in [0.15, 0.2) is 0 Å². The van der Waals surface area contributed by atoms with Crippen LogP contribution >= 0.6 is 0 Å². The minimum Gasteiger partial charge on any atom is -0.350 e. The van der Waals surface area contributed by atoms with Crippen molar-refractivity contribution in [2.45, 2.75) is 6.61 Å². The number of rotatable bonds is 4. The highest BCUT2D eigenvalue weighted by Crippen LogP contribution is 2.20. The largest absolute Gasteiger partial charge is 0.350 e. The first kappa shape index (κ1) is 13.4. The minimum atomic E-state index is -0.234. The molecular formula is C17H16N2O2. The lowest BCUT2D eigenvalue weighted by Crippen LogP contribution is -2.23. The van der Waals surface area contributed by atoms with Crippen molar-refractivity contribution in [3.8, 4) is 0 Å². The van der Waals surface area contributed by atoms with Crippen LogP contribution in [0.15, 0.2) is 60.8 Å². The molecule has 1 aromatic heterocycles. The molecule has 0 unspecified atom stereocenters. The molecule has 21 heavy (non-hydrogen) atoms. The van der Waals surface area contributed by atoms with Crippen LogP contribution in [0.5, 0.6) is 0 Å². The van der Waals surface area contributed by atoms with Crippen molar-refractivity contribution < 1.29 is 9.63 Å². The molecule has 0 atom stereocenters. The zero-order chi connectivity index (χ0) is 14.7. The van der Waals surface area contributed by atoms with Crippen LogP contribution in [-0.4, -0.2) is 10.5 Å². The summed E-state index contributed by atoms with van der Waals surface area (Å²) in [5.41, 5.74) is 5.14. The van der Waals surface area contributed by atoms with Crippen molar-refractivity contribution in [2.75, 3.05) is 0 Å². The summed E-state index contributed by atoms with van der Waals surface area (Å²) < 4.78 is 1.93. The van der Waals surface area contributed by atoms with Gasteiger partial charge in [-0.3, -0.25) is 9.63 Å². The van der Waals surface area contributed by atoms with Gasteiger partial charge in [-0.15, -0.1) is 0 Å². The van der Waals surface area contributed by atoms with E-state index < -0.39 is 0 Å². The molecule has 0 radical (unpaired) electrons. The molecule has 106 valence electrons. The molecule has 1 N–H and O–H groups in total. The lowest BCUT2D eigenvalue weighted by molar-refractivity contribution is 0.0235. The number of fused-ring (bicyclic) bond motifs is 1. The van der Waals surface area contributed by atoms with E-state index in [-0.39, 0.29) is 5.91 Å². The molecule has 3 aromatic rings. The molecular weight excluding hydrogens is 264 g/mol. The summed E-state index contributed by atoms with van der Waals surface area (Å²) in [6.45, 7) is 0.345. The van der Waals surface area contributed by atoms with Crippen molar-refractivity contribution >= 4 is 16.8 Å². The third-order valence-corrected chi connectivity index (χ3v) is 3.39. The predicted octanol–water partition coefficient (Wildman–Crippen LogP) is 3.04. The zero-order valence-electron chi connectivity index (χ0n) is 11.7. The first-order valence-electron chi connectivity index (χ1n) is 6.76. The van der Waals surface area contributed by atoms with Crippen molar-refractivity contribution in [3.63, 3.8) is 0 Å². The summed E-state index contributed by atoms with van der Waals surface area (Å²) in [7, 11) is 1.92. The van der Waals surface area contributed by atoms with Crippen LogP contribution in [-0.2, 0) is 18.5 Å². The fraction of sp³-hybridized carbons (Fsp3) is 0.118. The van der Waals surface area contributed by atoms with Crippen molar-refractivity contribution in [1.29, 1.82) is 0 Å². The van der Waals surface area contributed by atoms with Crippen LogP contribution in [0.2, 0.25) is 0 Å². The fourth-order valence-electron chi connectivity index (χ4n) is 2.34. The number of carbonyl (C=O) groups excluding carboxylic acids is 1. The van der Waals surface area contributed by atoms with Crippen LogP contribution < -0.4 is 5.48 Å². The Morgan fingerprint density at radius 2 is 1.81 bits per heavy atom. The maximum Gasteiger partial charge on any atom is 0.277 e. The van der Waals surface area contributed by atoms with E-state index in [4.69, 9.17) is 4.84 Å². The van der Waals surface area contributed by atoms with Crippen LogP contribution in [0.3, 0.4) is 0 Å². The highest BCUT2D eigenvalue weighted by Gasteiger charge is 2.13. The Morgan fingerprint density at radius 1 is 1.10 bits per heavy atom. The monoisotopic (exact) mass is 280 g/mol. The molecule has 0 bridgehead atoms. The van der Waals surface area contributed by atoms with Gasteiger partial charge in [-0.25, -0.2) is 5.48 Å². The molecule has 0 aliphatic heterocycles. The lowest BCUT2D eigenvalue weighted by atomic mass is 10.2. The molecule has 3 rings (SSSR count). The van der Waals surface area contributed by atoms with Crippen LogP contribution in [0.25, 0.3) is 10.9 Å². The highest BCUT2D eigenvalue weighted by molar-refractivity contribution is 6.06. The number of nitrogens with zero attached hydrogens (tertiary/aromatic N) is 1. The van der Waals surface area contributed by atoms with Gasteiger partial charge < -0.3 is 4.57 Å². The second-order valence-corrected chi connectivity index (χ2v) is 4.88. The van der Waals surface area contributed by atoms with E-state index in [0.717, 1.165) is 16.5 Å². The number of aryl methyl sites for hydroxylation is 1. The Hall–Kier alpha value is -2.59. The summed E-state index contributed by atoms with van der Waals surface area (Å²) >= 11 is 0. The molecule has 1 amide bonds. The molecule has 0 aliphatic carbocycles. The summed E-state index contributed by atoms with van der Waals surface area (Å²) in [5.74, 6) is -0.234. The zero-order valence-corrected chi connectivity index (χ0v) is 11.7. The predicted molar refractivity (Wildman–Crippen MR) is 81.6 cm³/mol. The number of nitrogens with one attached hydrogen (secondary N) is 1. The number of carbonyl (C=O) groups is 1. The van der Waals surface area contributed by atoms with Crippen molar-refractivity contribution in [3.05, 3.63) is 71.9 Å². The molecule has 0 saturated carbocycles. The average molecular weight is 280 g/mol. The number of hydrogen-bond donors (Lipinski definition) is 1. The lowest BCUT2D eigenvalue weighted by Gasteiger charge is -2.05. The summed E-state index contributed by atoms with van der Waals surface area (Å²) in [6.07, 6.45) is 1.81. The molecule has 0 aliphatic rings. The third kappa shape index (κ3) is 2.80. The van der Waals surface area contributed by atoms with Gasteiger partial charge in [0.2, 0.25) is 0 Å². The van der Waals surface area contributed by atoms with E-state index in [1.54, 1.807) is 0 Å². The Morgan fingerprint density at radius 3 is 2.62 bits per heavy atom. The van der Waals surface area contributed by atoms with Gasteiger partial charge in [0.1, 0.15) is 0 Å². The number of benzene rings is 2. The third-order valence-electron chi connectivity index (χ3n) is 3.39. The standard InChI is InChI=1S/C17H16N2O2/c1-19-11-15(14-9-5-6-10-16(14)19)17(20)18-21-12-13-7-3-2-4-8-13/h2-11H,12H2,1H3,(H,18,20). The highest BCUT2D eigenvalue weighted by atomic mass is 16.6. The van der Waals surface area contributed by atoms with E-state index in [1.807, 2.05) is 72.4 Å². The van der Waals surface area contributed by atoms with Gasteiger partial charge in [-0.05, 0) is 11.6 Å². The molecule has 4 heteroatoms. The van der Waals surface area contributed by atoms with Crippen LogP contribution in [0.4, 0.5) is 0 Å². The Kier molecular flexibility index (Phi) is 3.71. The van der Waals surface area contributed by atoms with E-state index in [9.17, 15) is 4.79 Å². The van der Waals surface area contributed by atoms with E-state index in [0.29, 0.717) is 12.2 Å². The maximum absolute atomic E-state index is 12.2. The number of aromatic nitrogens is 1. The summed E-state index contributed by atoms with van der Waals surface area (Å²) in [4.78, 5) is 17.5. The van der Waals surface area contributed by atoms with Crippen LogP contribution in [0.1, 0.15) is 15.9 Å². The maximum atomic E-state index is 12.2. The van der Waals surface area contributed by atoms with Gasteiger partial charge in [0.25, 0.3) is 5.91 Å². The van der Waals surface area contributed by atoms with Gasteiger partial charge in [0.05, 0.1) is 12.2 Å².